The van der Waals surface area contributed by atoms with Crippen molar-refractivity contribution in [3.05, 3.63) is 28.8 Å². The van der Waals surface area contributed by atoms with Gasteiger partial charge in [-0.25, -0.2) is 0 Å². The molecule has 0 bridgehead atoms. The van der Waals surface area contributed by atoms with Crippen molar-refractivity contribution in [1.82, 2.24) is 0 Å². The van der Waals surface area contributed by atoms with Gasteiger partial charge in [0.15, 0.2) is 0 Å². The van der Waals surface area contributed by atoms with Crippen LogP contribution in [0, 0.1) is 17.2 Å². The molecule has 0 saturated carbocycles. The van der Waals surface area contributed by atoms with Gasteiger partial charge in [0.25, 0.3) is 0 Å². The molecule has 0 amide bonds. The van der Waals surface area contributed by atoms with Gasteiger partial charge in [-0.15, -0.1) is 0 Å². The minimum absolute atomic E-state index is 0.394. The van der Waals surface area contributed by atoms with Crippen LogP contribution >= 0.6 is 11.6 Å². The summed E-state index contributed by atoms with van der Waals surface area (Å²) in [6.45, 7) is 6.63. The van der Waals surface area contributed by atoms with E-state index in [0.717, 1.165) is 18.5 Å². The van der Waals surface area contributed by atoms with Gasteiger partial charge in [-0.2, -0.15) is 5.26 Å². The molecule has 2 unspecified atom stereocenters. The Kier molecular flexibility index (Phi) is 6.01. The van der Waals surface area contributed by atoms with Crippen LogP contribution in [0.1, 0.15) is 45.6 Å². The first kappa shape index (κ1) is 14.9. The maximum atomic E-state index is 9.09. The predicted octanol–water partition coefficient (Wildman–Crippen LogP) is 4.84. The van der Waals surface area contributed by atoms with Gasteiger partial charge in [0.05, 0.1) is 11.3 Å². The van der Waals surface area contributed by atoms with Gasteiger partial charge < -0.3 is 5.32 Å². The van der Waals surface area contributed by atoms with E-state index in [1.807, 2.05) is 6.07 Å². The highest BCUT2D eigenvalue weighted by atomic mass is 35.5. The molecule has 1 rings (SSSR count). The topological polar surface area (TPSA) is 35.8 Å². The summed E-state index contributed by atoms with van der Waals surface area (Å²) in [5, 5.41) is 13.2. The van der Waals surface area contributed by atoms with Gasteiger partial charge in [0.2, 0.25) is 0 Å². The average Bonchev–Trinajstić information content (AvgIpc) is 2.38. The molecular formula is C15H21ClN2. The molecule has 2 atom stereocenters. The predicted molar refractivity (Wildman–Crippen MR) is 77.9 cm³/mol. The summed E-state index contributed by atoms with van der Waals surface area (Å²) in [6, 6.07) is 7.94. The Morgan fingerprint density at radius 3 is 2.61 bits per heavy atom. The van der Waals surface area contributed by atoms with Crippen LogP contribution in [0.4, 0.5) is 5.69 Å². The van der Waals surface area contributed by atoms with Crippen molar-refractivity contribution in [1.29, 1.82) is 5.26 Å². The number of nitrogens with zero attached hydrogens (tertiary/aromatic N) is 1. The number of anilines is 1. The summed E-state index contributed by atoms with van der Waals surface area (Å²) in [7, 11) is 0. The molecule has 0 aliphatic heterocycles. The van der Waals surface area contributed by atoms with Gasteiger partial charge in [-0.05, 0) is 37.0 Å². The first-order chi connectivity index (χ1) is 8.60. The molecule has 98 valence electrons. The lowest BCUT2D eigenvalue weighted by Gasteiger charge is -2.22. The zero-order chi connectivity index (χ0) is 13.5. The van der Waals surface area contributed by atoms with Crippen LogP contribution in [-0.4, -0.2) is 6.04 Å². The number of benzene rings is 1. The van der Waals surface area contributed by atoms with E-state index in [9.17, 15) is 0 Å². The SMILES string of the molecule is CCC(C)CC(CC)Nc1cc(Cl)ccc1C#N. The molecule has 1 N–H and O–H groups in total. The minimum atomic E-state index is 0.394. The maximum Gasteiger partial charge on any atom is 0.101 e. The summed E-state index contributed by atoms with van der Waals surface area (Å²) in [5.74, 6) is 0.687. The van der Waals surface area contributed by atoms with E-state index in [0.29, 0.717) is 22.5 Å². The standard InChI is InChI=1S/C15H21ClN2/c1-4-11(3)8-14(5-2)18-15-9-13(16)7-6-12(15)10-17/h6-7,9,11,14,18H,4-5,8H2,1-3H3. The molecule has 0 saturated heterocycles. The smallest absolute Gasteiger partial charge is 0.101 e. The molecule has 0 aliphatic carbocycles. The molecule has 18 heavy (non-hydrogen) atoms. The number of nitrogens with one attached hydrogen (secondary N) is 1. The lowest BCUT2D eigenvalue weighted by Crippen LogP contribution is -2.21. The van der Waals surface area contributed by atoms with E-state index in [1.54, 1.807) is 12.1 Å². The Balaban J connectivity index is 2.81. The van der Waals surface area contributed by atoms with Crippen molar-refractivity contribution in [2.45, 2.75) is 46.1 Å². The highest BCUT2D eigenvalue weighted by Gasteiger charge is 2.12. The fourth-order valence-electron chi connectivity index (χ4n) is 1.93. The number of rotatable bonds is 6. The van der Waals surface area contributed by atoms with E-state index >= 15 is 0 Å². The Morgan fingerprint density at radius 1 is 1.33 bits per heavy atom. The normalized spacial score (nSPS) is 13.7. The Morgan fingerprint density at radius 2 is 2.06 bits per heavy atom. The monoisotopic (exact) mass is 264 g/mol. The summed E-state index contributed by atoms with van der Waals surface area (Å²) < 4.78 is 0. The van der Waals surface area contributed by atoms with Crippen LogP contribution in [0.15, 0.2) is 18.2 Å². The van der Waals surface area contributed by atoms with Gasteiger partial charge in [0, 0.05) is 11.1 Å². The maximum absolute atomic E-state index is 9.09. The van der Waals surface area contributed by atoms with E-state index in [-0.39, 0.29) is 0 Å². The van der Waals surface area contributed by atoms with Gasteiger partial charge >= 0.3 is 0 Å². The number of nitriles is 1. The third kappa shape index (κ3) is 4.23. The van der Waals surface area contributed by atoms with Crippen molar-refractivity contribution >= 4 is 17.3 Å². The zero-order valence-corrected chi connectivity index (χ0v) is 12.1. The molecule has 2 nitrogen and oxygen atoms in total. The van der Waals surface area contributed by atoms with Crippen molar-refractivity contribution in [2.24, 2.45) is 5.92 Å². The molecule has 0 fully saturated rings. The molecule has 0 spiro atoms. The highest BCUT2D eigenvalue weighted by molar-refractivity contribution is 6.30. The van der Waals surface area contributed by atoms with E-state index in [4.69, 9.17) is 16.9 Å². The third-order valence-electron chi connectivity index (χ3n) is 3.34. The summed E-state index contributed by atoms with van der Waals surface area (Å²) in [6.07, 6.45) is 3.34. The second kappa shape index (κ2) is 7.28. The number of hydrogen-bond acceptors (Lipinski definition) is 2. The summed E-state index contributed by atoms with van der Waals surface area (Å²) in [4.78, 5) is 0. The first-order valence-corrected chi connectivity index (χ1v) is 6.94. The van der Waals surface area contributed by atoms with Crippen molar-refractivity contribution in [3.8, 4) is 6.07 Å². The zero-order valence-electron chi connectivity index (χ0n) is 11.3. The van der Waals surface area contributed by atoms with E-state index in [1.165, 1.54) is 6.42 Å². The van der Waals surface area contributed by atoms with Gasteiger partial charge in [0.1, 0.15) is 6.07 Å². The van der Waals surface area contributed by atoms with Crippen molar-refractivity contribution < 1.29 is 0 Å². The fraction of sp³-hybridized carbons (Fsp3) is 0.533. The third-order valence-corrected chi connectivity index (χ3v) is 3.57. The summed E-state index contributed by atoms with van der Waals surface area (Å²) in [5.41, 5.74) is 1.50. The highest BCUT2D eigenvalue weighted by Crippen LogP contribution is 2.23. The van der Waals surface area contributed by atoms with E-state index < -0.39 is 0 Å². The van der Waals surface area contributed by atoms with Crippen LogP contribution in [0.5, 0.6) is 0 Å². The first-order valence-electron chi connectivity index (χ1n) is 6.56. The lowest BCUT2D eigenvalue weighted by atomic mass is 9.97. The Labute approximate surface area is 115 Å². The quantitative estimate of drug-likeness (QED) is 0.798. The van der Waals surface area contributed by atoms with Crippen molar-refractivity contribution in [2.75, 3.05) is 5.32 Å². The fourth-order valence-corrected chi connectivity index (χ4v) is 2.11. The van der Waals surface area contributed by atoms with Gasteiger partial charge in [-0.1, -0.05) is 38.8 Å². The number of halogens is 1. The minimum Gasteiger partial charge on any atom is -0.381 e. The molecule has 0 aliphatic rings. The Bertz CT molecular complexity index is 423. The molecule has 0 aromatic heterocycles. The molecule has 1 aromatic rings. The average molecular weight is 265 g/mol. The Hall–Kier alpha value is -1.20. The van der Waals surface area contributed by atoms with Crippen molar-refractivity contribution in [3.63, 3.8) is 0 Å². The van der Waals surface area contributed by atoms with Crippen LogP contribution in [-0.2, 0) is 0 Å². The van der Waals surface area contributed by atoms with Crippen LogP contribution in [0.25, 0.3) is 0 Å². The van der Waals surface area contributed by atoms with E-state index in [2.05, 4.69) is 32.2 Å². The second-order valence-corrected chi connectivity index (χ2v) is 5.24. The molecule has 0 radical (unpaired) electrons. The summed E-state index contributed by atoms with van der Waals surface area (Å²) >= 11 is 5.98. The number of hydrogen-bond donors (Lipinski definition) is 1. The molecule has 1 aromatic carbocycles. The molecule has 0 heterocycles. The van der Waals surface area contributed by atoms with Crippen LogP contribution in [0.2, 0.25) is 5.02 Å². The van der Waals surface area contributed by atoms with Crippen LogP contribution in [0.3, 0.4) is 0 Å². The van der Waals surface area contributed by atoms with Gasteiger partial charge in [-0.3, -0.25) is 0 Å². The lowest BCUT2D eigenvalue weighted by molar-refractivity contribution is 0.462. The largest absolute Gasteiger partial charge is 0.381 e. The van der Waals surface area contributed by atoms with Crippen LogP contribution < -0.4 is 5.32 Å². The molecule has 3 heteroatoms. The molecular weight excluding hydrogens is 244 g/mol. The second-order valence-electron chi connectivity index (χ2n) is 4.80.